The minimum atomic E-state index is -0.455. The standard InChI is InChI=1S/C15H16F2N2S/c1-2-13(18)15(10-4-3-7-19-9-10)20-14-8-11(16)5-6-12(14)17/h3-9,13,15H,2,18H2,1H3. The van der Waals surface area contributed by atoms with Crippen LogP contribution in [0.2, 0.25) is 0 Å². The summed E-state index contributed by atoms with van der Waals surface area (Å²) in [5.41, 5.74) is 7.03. The summed E-state index contributed by atoms with van der Waals surface area (Å²) >= 11 is 1.24. The third-order valence-corrected chi connectivity index (χ3v) is 4.46. The summed E-state index contributed by atoms with van der Waals surface area (Å²) in [6, 6.07) is 7.00. The molecule has 2 unspecified atom stereocenters. The molecule has 106 valence electrons. The van der Waals surface area contributed by atoms with E-state index in [1.807, 2.05) is 19.1 Å². The van der Waals surface area contributed by atoms with Gasteiger partial charge in [0.2, 0.25) is 0 Å². The maximum Gasteiger partial charge on any atom is 0.136 e. The summed E-state index contributed by atoms with van der Waals surface area (Å²) in [5, 5.41) is -0.162. The first kappa shape index (κ1) is 14.9. The normalized spacial score (nSPS) is 14.0. The Morgan fingerprint density at radius 3 is 2.75 bits per heavy atom. The van der Waals surface area contributed by atoms with Crippen LogP contribution < -0.4 is 5.73 Å². The predicted molar refractivity (Wildman–Crippen MR) is 77.5 cm³/mol. The van der Waals surface area contributed by atoms with Crippen molar-refractivity contribution in [1.82, 2.24) is 4.98 Å². The molecule has 0 saturated heterocycles. The van der Waals surface area contributed by atoms with Crippen LogP contribution in [0.5, 0.6) is 0 Å². The zero-order valence-corrected chi connectivity index (χ0v) is 11.9. The van der Waals surface area contributed by atoms with Crippen molar-refractivity contribution in [3.63, 3.8) is 0 Å². The number of hydrogen-bond acceptors (Lipinski definition) is 3. The molecule has 1 aromatic heterocycles. The average Bonchev–Trinajstić information content (AvgIpc) is 2.48. The highest BCUT2D eigenvalue weighted by molar-refractivity contribution is 7.99. The van der Waals surface area contributed by atoms with E-state index >= 15 is 0 Å². The number of rotatable bonds is 5. The number of thioether (sulfide) groups is 1. The first-order valence-corrected chi connectivity index (χ1v) is 7.27. The summed E-state index contributed by atoms with van der Waals surface area (Å²) in [4.78, 5) is 4.33. The van der Waals surface area contributed by atoms with E-state index in [9.17, 15) is 8.78 Å². The minimum absolute atomic E-state index is 0.160. The molecule has 0 aliphatic carbocycles. The smallest absolute Gasteiger partial charge is 0.136 e. The Balaban J connectivity index is 2.31. The lowest BCUT2D eigenvalue weighted by atomic mass is 10.1. The second-order valence-corrected chi connectivity index (χ2v) is 5.66. The van der Waals surface area contributed by atoms with Gasteiger partial charge in [0, 0.05) is 23.3 Å². The molecule has 2 aromatic rings. The lowest BCUT2D eigenvalue weighted by Crippen LogP contribution is -2.25. The monoisotopic (exact) mass is 294 g/mol. The second kappa shape index (κ2) is 6.81. The quantitative estimate of drug-likeness (QED) is 0.849. The summed E-state index contributed by atoms with van der Waals surface area (Å²) in [6.07, 6.45) is 4.12. The maximum absolute atomic E-state index is 13.8. The Morgan fingerprint density at radius 2 is 2.10 bits per heavy atom. The van der Waals surface area contributed by atoms with E-state index in [1.54, 1.807) is 12.4 Å². The first-order chi connectivity index (χ1) is 9.61. The van der Waals surface area contributed by atoms with Gasteiger partial charge in [-0.05, 0) is 36.2 Å². The maximum atomic E-state index is 13.8. The number of pyridine rings is 1. The van der Waals surface area contributed by atoms with Crippen LogP contribution in [0.15, 0.2) is 47.6 Å². The molecule has 0 spiro atoms. The molecule has 0 aliphatic rings. The zero-order valence-electron chi connectivity index (χ0n) is 11.1. The Hall–Kier alpha value is -1.46. The third kappa shape index (κ3) is 3.55. The molecule has 0 amide bonds. The SMILES string of the molecule is CCC(N)C(Sc1cc(F)ccc1F)c1cccnc1. The van der Waals surface area contributed by atoms with Gasteiger partial charge in [-0.15, -0.1) is 11.8 Å². The van der Waals surface area contributed by atoms with E-state index in [-0.39, 0.29) is 16.2 Å². The number of nitrogens with two attached hydrogens (primary N) is 1. The van der Waals surface area contributed by atoms with Crippen molar-refractivity contribution in [2.45, 2.75) is 29.5 Å². The fourth-order valence-electron chi connectivity index (χ4n) is 1.87. The number of aromatic nitrogens is 1. The highest BCUT2D eigenvalue weighted by Gasteiger charge is 2.21. The van der Waals surface area contributed by atoms with Gasteiger partial charge in [0.1, 0.15) is 11.6 Å². The number of benzene rings is 1. The van der Waals surface area contributed by atoms with Crippen LogP contribution in [-0.4, -0.2) is 11.0 Å². The van der Waals surface area contributed by atoms with E-state index in [1.165, 1.54) is 17.8 Å². The molecule has 20 heavy (non-hydrogen) atoms. The molecule has 5 heteroatoms. The summed E-state index contributed by atoms with van der Waals surface area (Å²) < 4.78 is 27.0. The number of nitrogens with zero attached hydrogens (tertiary/aromatic N) is 1. The van der Waals surface area contributed by atoms with E-state index in [0.717, 1.165) is 24.1 Å². The lowest BCUT2D eigenvalue weighted by molar-refractivity contribution is 0.574. The Bertz CT molecular complexity index is 563. The van der Waals surface area contributed by atoms with Crippen molar-refractivity contribution in [2.24, 2.45) is 5.73 Å². The van der Waals surface area contributed by atoms with E-state index in [0.29, 0.717) is 0 Å². The van der Waals surface area contributed by atoms with Gasteiger partial charge >= 0.3 is 0 Å². The van der Waals surface area contributed by atoms with Crippen LogP contribution >= 0.6 is 11.8 Å². The van der Waals surface area contributed by atoms with Gasteiger partial charge < -0.3 is 5.73 Å². The summed E-state index contributed by atoms with van der Waals surface area (Å²) in [6.45, 7) is 1.97. The highest BCUT2D eigenvalue weighted by Crippen LogP contribution is 2.39. The largest absolute Gasteiger partial charge is 0.326 e. The van der Waals surface area contributed by atoms with Crippen LogP contribution in [0.25, 0.3) is 0 Å². The second-order valence-electron chi connectivity index (χ2n) is 4.47. The van der Waals surface area contributed by atoms with Crippen molar-refractivity contribution in [3.8, 4) is 0 Å². The molecular weight excluding hydrogens is 278 g/mol. The van der Waals surface area contributed by atoms with E-state index in [2.05, 4.69) is 4.98 Å². The molecule has 0 fully saturated rings. The molecule has 0 radical (unpaired) electrons. The van der Waals surface area contributed by atoms with Gasteiger partial charge in [-0.1, -0.05) is 13.0 Å². The van der Waals surface area contributed by atoms with Crippen molar-refractivity contribution >= 4 is 11.8 Å². The molecule has 0 aliphatic heterocycles. The van der Waals surface area contributed by atoms with Gasteiger partial charge in [-0.3, -0.25) is 4.98 Å². The molecule has 2 nitrogen and oxygen atoms in total. The Labute approximate surface area is 121 Å². The predicted octanol–water partition coefficient (Wildman–Crippen LogP) is 3.93. The third-order valence-electron chi connectivity index (χ3n) is 3.02. The minimum Gasteiger partial charge on any atom is -0.326 e. The van der Waals surface area contributed by atoms with Gasteiger partial charge in [0.25, 0.3) is 0 Å². The van der Waals surface area contributed by atoms with Gasteiger partial charge in [-0.2, -0.15) is 0 Å². The Morgan fingerprint density at radius 1 is 1.30 bits per heavy atom. The molecule has 0 bridgehead atoms. The topological polar surface area (TPSA) is 38.9 Å². The highest BCUT2D eigenvalue weighted by atomic mass is 32.2. The van der Waals surface area contributed by atoms with E-state index in [4.69, 9.17) is 5.73 Å². The Kier molecular flexibility index (Phi) is 5.09. The molecule has 1 aromatic carbocycles. The first-order valence-electron chi connectivity index (χ1n) is 6.39. The van der Waals surface area contributed by atoms with Crippen molar-refractivity contribution in [3.05, 3.63) is 59.9 Å². The van der Waals surface area contributed by atoms with Crippen LogP contribution in [0.3, 0.4) is 0 Å². The molecule has 2 N–H and O–H groups in total. The molecule has 0 saturated carbocycles. The van der Waals surface area contributed by atoms with Crippen LogP contribution in [0.1, 0.15) is 24.2 Å². The fourth-order valence-corrected chi connectivity index (χ4v) is 3.14. The van der Waals surface area contributed by atoms with Crippen molar-refractivity contribution in [1.29, 1.82) is 0 Å². The summed E-state index contributed by atoms with van der Waals surface area (Å²) in [5.74, 6) is -0.891. The van der Waals surface area contributed by atoms with Crippen LogP contribution in [-0.2, 0) is 0 Å². The van der Waals surface area contributed by atoms with Crippen molar-refractivity contribution < 1.29 is 8.78 Å². The van der Waals surface area contributed by atoms with Crippen molar-refractivity contribution in [2.75, 3.05) is 0 Å². The number of hydrogen-bond donors (Lipinski definition) is 1. The molecule has 2 rings (SSSR count). The fraction of sp³-hybridized carbons (Fsp3) is 0.267. The zero-order chi connectivity index (χ0) is 14.5. The average molecular weight is 294 g/mol. The number of halogens is 2. The lowest BCUT2D eigenvalue weighted by Gasteiger charge is -2.22. The van der Waals surface area contributed by atoms with Gasteiger partial charge in [0.15, 0.2) is 0 Å². The van der Waals surface area contributed by atoms with E-state index < -0.39 is 11.6 Å². The van der Waals surface area contributed by atoms with Crippen LogP contribution in [0, 0.1) is 11.6 Å². The summed E-state index contributed by atoms with van der Waals surface area (Å²) in [7, 11) is 0. The van der Waals surface area contributed by atoms with Crippen LogP contribution in [0.4, 0.5) is 8.78 Å². The molecular formula is C15H16F2N2S. The van der Waals surface area contributed by atoms with Gasteiger partial charge in [-0.25, -0.2) is 8.78 Å². The molecule has 2 atom stereocenters. The molecule has 1 heterocycles. The van der Waals surface area contributed by atoms with Gasteiger partial charge in [0.05, 0.1) is 5.25 Å².